The van der Waals surface area contributed by atoms with Gasteiger partial charge in [0.2, 0.25) is 5.95 Å². The Kier molecular flexibility index (Phi) is 7.04. The Morgan fingerprint density at radius 2 is 1.83 bits per heavy atom. The Balaban J connectivity index is 2.01. The number of alkyl halides is 3. The number of methoxy groups -OCH3 is 1. The molecule has 1 unspecified atom stereocenters. The van der Waals surface area contributed by atoms with Crippen LogP contribution in [0.2, 0.25) is 0 Å². The number of hydrogen-bond donors (Lipinski definition) is 0. The first kappa shape index (κ1) is 26.6. The summed E-state index contributed by atoms with van der Waals surface area (Å²) < 4.78 is 83.4. The molecule has 1 atom stereocenters. The number of sulfone groups is 1. The third-order valence-electron chi connectivity index (χ3n) is 5.77. The average Bonchev–Trinajstić information content (AvgIpc) is 2.76. The zero-order valence-electron chi connectivity index (χ0n) is 19.9. The molecule has 0 amide bonds. The maximum Gasteiger partial charge on any atom is 0.434 e. The lowest BCUT2D eigenvalue weighted by molar-refractivity contribution is -0.141. The summed E-state index contributed by atoms with van der Waals surface area (Å²) in [5.74, 6) is -2.25. The number of hydrogen-bond acceptors (Lipinski definition) is 8. The molecule has 0 radical (unpaired) electrons. The van der Waals surface area contributed by atoms with Gasteiger partial charge in [-0.25, -0.2) is 27.6 Å². The summed E-state index contributed by atoms with van der Waals surface area (Å²) in [5, 5.41) is 0. The molecular formula is C22H26F4N4O4S. The van der Waals surface area contributed by atoms with E-state index in [4.69, 9.17) is 0 Å². The van der Waals surface area contributed by atoms with Gasteiger partial charge in [-0.2, -0.15) is 13.2 Å². The van der Waals surface area contributed by atoms with Crippen molar-refractivity contribution in [2.75, 3.05) is 42.8 Å². The van der Waals surface area contributed by atoms with Gasteiger partial charge in [-0.15, -0.1) is 0 Å². The Morgan fingerprint density at radius 3 is 2.37 bits per heavy atom. The molecule has 0 bridgehead atoms. The van der Waals surface area contributed by atoms with E-state index in [9.17, 15) is 30.8 Å². The Bertz CT molecular complexity index is 1230. The molecule has 0 saturated carbocycles. The van der Waals surface area contributed by atoms with Gasteiger partial charge in [0, 0.05) is 37.8 Å². The largest absolute Gasteiger partial charge is 0.465 e. The molecule has 8 nitrogen and oxygen atoms in total. The van der Waals surface area contributed by atoms with Gasteiger partial charge < -0.3 is 14.5 Å². The summed E-state index contributed by atoms with van der Waals surface area (Å²) in [6.07, 6.45) is -3.18. The number of esters is 1. The molecule has 3 rings (SSSR count). The molecule has 2 aromatic rings. The molecule has 192 valence electrons. The normalized spacial score (nSPS) is 17.5. The van der Waals surface area contributed by atoms with Crippen LogP contribution in [0.15, 0.2) is 29.3 Å². The SMILES string of the molecule is COC(=O)c1cnc(N2CCN(c3ccc(F)c(S(C)(=O)=O)c3)CC2C(C)(C)C)nc1C(F)(F)F. The smallest absolute Gasteiger partial charge is 0.434 e. The quantitative estimate of drug-likeness (QED) is 0.448. The van der Waals surface area contributed by atoms with Gasteiger partial charge in [0.15, 0.2) is 15.5 Å². The van der Waals surface area contributed by atoms with Gasteiger partial charge in [0.05, 0.1) is 13.2 Å². The molecule has 0 spiro atoms. The highest BCUT2D eigenvalue weighted by molar-refractivity contribution is 7.90. The summed E-state index contributed by atoms with van der Waals surface area (Å²) in [6.45, 7) is 6.45. The lowest BCUT2D eigenvalue weighted by Crippen LogP contribution is -2.59. The van der Waals surface area contributed by atoms with Crippen LogP contribution in [0.3, 0.4) is 0 Å². The molecule has 2 heterocycles. The van der Waals surface area contributed by atoms with Crippen LogP contribution in [0.5, 0.6) is 0 Å². The summed E-state index contributed by atoms with van der Waals surface area (Å²) in [5.41, 5.74) is -2.17. The Hall–Kier alpha value is -2.96. The van der Waals surface area contributed by atoms with E-state index < -0.39 is 55.4 Å². The van der Waals surface area contributed by atoms with Crippen molar-refractivity contribution < 1.29 is 35.5 Å². The van der Waals surface area contributed by atoms with Gasteiger partial charge in [-0.3, -0.25) is 0 Å². The molecule has 1 aliphatic heterocycles. The van der Waals surface area contributed by atoms with Crippen molar-refractivity contribution in [3.8, 4) is 0 Å². The predicted octanol–water partition coefficient (Wildman–Crippen LogP) is 3.57. The average molecular weight is 519 g/mol. The van der Waals surface area contributed by atoms with Crippen LogP contribution >= 0.6 is 0 Å². The molecule has 1 fully saturated rings. The minimum Gasteiger partial charge on any atom is -0.465 e. The first-order chi connectivity index (χ1) is 16.0. The number of aromatic nitrogens is 2. The Labute approximate surface area is 200 Å². The monoisotopic (exact) mass is 518 g/mol. The summed E-state index contributed by atoms with van der Waals surface area (Å²) >= 11 is 0. The molecule has 0 N–H and O–H groups in total. The lowest BCUT2D eigenvalue weighted by Gasteiger charge is -2.48. The van der Waals surface area contributed by atoms with Gasteiger partial charge >= 0.3 is 12.1 Å². The lowest BCUT2D eigenvalue weighted by atomic mass is 9.84. The third-order valence-corrected chi connectivity index (χ3v) is 6.88. The van der Waals surface area contributed by atoms with Crippen molar-refractivity contribution in [1.82, 2.24) is 9.97 Å². The van der Waals surface area contributed by atoms with Gasteiger partial charge in [-0.1, -0.05) is 20.8 Å². The third kappa shape index (κ3) is 5.65. The first-order valence-electron chi connectivity index (χ1n) is 10.6. The minimum absolute atomic E-state index is 0.194. The van der Waals surface area contributed by atoms with Gasteiger partial charge in [0.25, 0.3) is 0 Å². The van der Waals surface area contributed by atoms with Crippen molar-refractivity contribution in [2.24, 2.45) is 5.41 Å². The van der Waals surface area contributed by atoms with Crippen LogP contribution in [0.25, 0.3) is 0 Å². The topological polar surface area (TPSA) is 92.7 Å². The van der Waals surface area contributed by atoms with E-state index in [2.05, 4.69) is 14.7 Å². The second-order valence-electron chi connectivity index (χ2n) is 9.33. The molecule has 13 heteroatoms. The van der Waals surface area contributed by atoms with E-state index >= 15 is 0 Å². The van der Waals surface area contributed by atoms with E-state index in [1.807, 2.05) is 25.7 Å². The number of rotatable bonds is 4. The number of anilines is 2. The zero-order valence-corrected chi connectivity index (χ0v) is 20.7. The first-order valence-corrected chi connectivity index (χ1v) is 12.5. The fraction of sp³-hybridized carbons (Fsp3) is 0.500. The van der Waals surface area contributed by atoms with Crippen LogP contribution in [-0.2, 0) is 20.8 Å². The Morgan fingerprint density at radius 1 is 1.17 bits per heavy atom. The van der Waals surface area contributed by atoms with Crippen molar-refractivity contribution >= 4 is 27.4 Å². The highest BCUT2D eigenvalue weighted by Gasteiger charge is 2.41. The van der Waals surface area contributed by atoms with Crippen LogP contribution in [0, 0.1) is 11.2 Å². The highest BCUT2D eigenvalue weighted by Crippen LogP contribution is 2.36. The van der Waals surface area contributed by atoms with Crippen LogP contribution in [0.4, 0.5) is 29.2 Å². The predicted molar refractivity (Wildman–Crippen MR) is 121 cm³/mol. The summed E-state index contributed by atoms with van der Waals surface area (Å²) in [6, 6.07) is 3.38. The molecule has 35 heavy (non-hydrogen) atoms. The second-order valence-corrected chi connectivity index (χ2v) is 11.3. The number of nitrogens with zero attached hydrogens (tertiary/aromatic N) is 4. The van der Waals surface area contributed by atoms with Crippen molar-refractivity contribution in [1.29, 1.82) is 0 Å². The van der Waals surface area contributed by atoms with E-state index in [0.717, 1.165) is 25.6 Å². The number of carbonyl (C=O) groups excluding carboxylic acids is 1. The fourth-order valence-corrected chi connectivity index (χ4v) is 4.71. The van der Waals surface area contributed by atoms with Crippen molar-refractivity contribution in [3.63, 3.8) is 0 Å². The van der Waals surface area contributed by atoms with Gasteiger partial charge in [-0.05, 0) is 23.6 Å². The van der Waals surface area contributed by atoms with Crippen molar-refractivity contribution in [3.05, 3.63) is 41.5 Å². The molecule has 1 aliphatic rings. The summed E-state index contributed by atoms with van der Waals surface area (Å²) in [4.78, 5) is 22.6. The standard InChI is InChI=1S/C22H26F4N4O4S/c1-21(2,3)17-12-29(13-6-7-15(23)16(10-13)35(5,32)33)8-9-30(17)20-27-11-14(19(31)34-4)18(28-20)22(24,25)26/h6-7,10-11,17H,8-9,12H2,1-5H3. The zero-order chi connectivity index (χ0) is 26.3. The van der Waals surface area contributed by atoms with Crippen molar-refractivity contribution in [2.45, 2.75) is 37.9 Å². The molecule has 0 aliphatic carbocycles. The number of ether oxygens (including phenoxy) is 1. The number of benzene rings is 1. The fourth-order valence-electron chi connectivity index (χ4n) is 3.96. The van der Waals surface area contributed by atoms with E-state index in [1.165, 1.54) is 12.1 Å². The van der Waals surface area contributed by atoms with E-state index in [1.54, 1.807) is 4.90 Å². The van der Waals surface area contributed by atoms with Crippen LogP contribution < -0.4 is 9.80 Å². The maximum absolute atomic E-state index is 14.1. The molecule has 1 aromatic heterocycles. The molecule has 1 aromatic carbocycles. The minimum atomic E-state index is -4.91. The van der Waals surface area contributed by atoms with E-state index in [0.29, 0.717) is 5.69 Å². The maximum atomic E-state index is 14.1. The highest BCUT2D eigenvalue weighted by atomic mass is 32.2. The molecular weight excluding hydrogens is 492 g/mol. The molecule has 1 saturated heterocycles. The summed E-state index contributed by atoms with van der Waals surface area (Å²) in [7, 11) is -2.83. The van der Waals surface area contributed by atoms with Crippen LogP contribution in [-0.4, -0.2) is 63.4 Å². The number of carbonyl (C=O) groups is 1. The number of halogens is 4. The number of piperazine rings is 1. The second kappa shape index (κ2) is 9.25. The van der Waals surface area contributed by atoms with E-state index in [-0.39, 0.29) is 25.6 Å². The van der Waals surface area contributed by atoms with Crippen LogP contribution in [0.1, 0.15) is 36.8 Å². The van der Waals surface area contributed by atoms with Gasteiger partial charge in [0.1, 0.15) is 16.3 Å².